The Morgan fingerprint density at radius 1 is 1.06 bits per heavy atom. The Morgan fingerprint density at radius 2 is 1.86 bits per heavy atom. The number of nitrogens with zero attached hydrogens (tertiary/aromatic N) is 1. The number of para-hydroxylation sites is 1. The summed E-state index contributed by atoms with van der Waals surface area (Å²) in [5.41, 5.74) is 4.67. The molecule has 6 heteroatoms. The molecule has 0 bridgehead atoms. The van der Waals surface area contributed by atoms with Crippen molar-refractivity contribution in [3.05, 3.63) is 100.0 Å². The number of nitrogens with one attached hydrogen (secondary N) is 1. The SMILES string of the molecule is CCOCCCNC(=O)c1ccc(/C=C2/Sc3ccccc3N(Cc3cccc(C)c3)C2=O)cc1. The number of fused-ring (bicyclic) bond motifs is 1. The fourth-order valence-corrected chi connectivity index (χ4v) is 4.98. The zero-order valence-electron chi connectivity index (χ0n) is 20.1. The van der Waals surface area contributed by atoms with Gasteiger partial charge in [0.15, 0.2) is 0 Å². The predicted octanol–water partition coefficient (Wildman–Crippen LogP) is 5.83. The first-order chi connectivity index (χ1) is 17.0. The minimum Gasteiger partial charge on any atom is -0.382 e. The van der Waals surface area contributed by atoms with Gasteiger partial charge < -0.3 is 15.0 Å². The summed E-state index contributed by atoms with van der Waals surface area (Å²) in [6.45, 7) is 6.42. The molecule has 0 unspecified atom stereocenters. The van der Waals surface area contributed by atoms with Crippen molar-refractivity contribution in [2.24, 2.45) is 0 Å². The van der Waals surface area contributed by atoms with E-state index in [1.807, 2.05) is 60.4 Å². The lowest BCUT2D eigenvalue weighted by Gasteiger charge is -2.30. The highest BCUT2D eigenvalue weighted by Gasteiger charge is 2.29. The van der Waals surface area contributed by atoms with E-state index in [2.05, 4.69) is 30.4 Å². The molecule has 3 aromatic rings. The summed E-state index contributed by atoms with van der Waals surface area (Å²) < 4.78 is 5.29. The molecule has 0 aliphatic carbocycles. The molecule has 1 heterocycles. The van der Waals surface area contributed by atoms with Gasteiger partial charge in [0.05, 0.1) is 17.1 Å². The molecule has 1 N–H and O–H groups in total. The standard InChI is InChI=1S/C29H30N2O3S/c1-3-34-17-7-16-30-28(32)24-14-12-22(13-15-24)19-27-29(33)31(20-23-9-6-8-21(2)18-23)25-10-4-5-11-26(25)35-27/h4-6,8-15,18-19H,3,7,16-17,20H2,1-2H3,(H,30,32)/b27-19+. The van der Waals surface area contributed by atoms with Gasteiger partial charge in [-0.15, -0.1) is 0 Å². The minimum atomic E-state index is -0.109. The fourth-order valence-electron chi connectivity index (χ4n) is 3.92. The van der Waals surface area contributed by atoms with Crippen LogP contribution in [0, 0.1) is 6.92 Å². The van der Waals surface area contributed by atoms with Gasteiger partial charge in [-0.05, 0) is 61.7 Å². The molecule has 5 nitrogen and oxygen atoms in total. The van der Waals surface area contributed by atoms with Crippen molar-refractivity contribution >= 4 is 35.3 Å². The monoisotopic (exact) mass is 486 g/mol. The van der Waals surface area contributed by atoms with Crippen molar-refractivity contribution < 1.29 is 14.3 Å². The van der Waals surface area contributed by atoms with E-state index in [0.29, 0.717) is 36.8 Å². The molecule has 35 heavy (non-hydrogen) atoms. The van der Waals surface area contributed by atoms with Gasteiger partial charge in [-0.2, -0.15) is 0 Å². The molecule has 0 aromatic heterocycles. The Morgan fingerprint density at radius 3 is 2.63 bits per heavy atom. The van der Waals surface area contributed by atoms with Crippen molar-refractivity contribution in [2.45, 2.75) is 31.7 Å². The van der Waals surface area contributed by atoms with Crippen molar-refractivity contribution in [1.29, 1.82) is 0 Å². The van der Waals surface area contributed by atoms with E-state index in [-0.39, 0.29) is 11.8 Å². The molecule has 1 aliphatic heterocycles. The van der Waals surface area contributed by atoms with E-state index in [4.69, 9.17) is 4.74 Å². The van der Waals surface area contributed by atoms with Gasteiger partial charge in [-0.25, -0.2) is 0 Å². The third-order valence-corrected chi connectivity index (χ3v) is 6.76. The first-order valence-electron chi connectivity index (χ1n) is 11.9. The molecule has 0 saturated heterocycles. The van der Waals surface area contributed by atoms with Crippen LogP contribution >= 0.6 is 11.8 Å². The summed E-state index contributed by atoms with van der Waals surface area (Å²) in [6.07, 6.45) is 2.68. The first-order valence-corrected chi connectivity index (χ1v) is 12.7. The normalized spacial score (nSPS) is 14.2. The van der Waals surface area contributed by atoms with Crippen LogP contribution in [0.15, 0.2) is 82.6 Å². The molecule has 0 radical (unpaired) electrons. The van der Waals surface area contributed by atoms with Crippen LogP contribution in [0.2, 0.25) is 0 Å². The number of rotatable bonds is 9. The average molecular weight is 487 g/mol. The highest BCUT2D eigenvalue weighted by Crippen LogP contribution is 2.42. The maximum atomic E-state index is 13.5. The van der Waals surface area contributed by atoms with Crippen molar-refractivity contribution in [1.82, 2.24) is 5.32 Å². The number of carbonyl (C=O) groups excluding carboxylic acids is 2. The van der Waals surface area contributed by atoms with Gasteiger partial charge in [0.2, 0.25) is 0 Å². The third kappa shape index (κ3) is 6.41. The average Bonchev–Trinajstić information content (AvgIpc) is 2.87. The number of anilines is 1. The largest absolute Gasteiger partial charge is 0.382 e. The molecule has 0 fully saturated rings. The second kappa shape index (κ2) is 11.9. The Labute approximate surface area is 211 Å². The molecule has 2 amide bonds. The lowest BCUT2D eigenvalue weighted by Crippen LogP contribution is -2.33. The number of benzene rings is 3. The molecule has 3 aromatic carbocycles. The summed E-state index contributed by atoms with van der Waals surface area (Å²) in [4.78, 5) is 29.4. The molecular weight excluding hydrogens is 456 g/mol. The van der Waals surface area contributed by atoms with Crippen molar-refractivity contribution in [3.8, 4) is 0 Å². The van der Waals surface area contributed by atoms with Crippen LogP contribution in [-0.4, -0.2) is 31.6 Å². The van der Waals surface area contributed by atoms with Crippen LogP contribution in [0.4, 0.5) is 5.69 Å². The number of hydrogen-bond donors (Lipinski definition) is 1. The molecule has 4 rings (SSSR count). The summed E-state index contributed by atoms with van der Waals surface area (Å²) in [7, 11) is 0. The maximum absolute atomic E-state index is 13.5. The van der Waals surface area contributed by atoms with Crippen LogP contribution in [0.25, 0.3) is 6.08 Å². The fraction of sp³-hybridized carbons (Fsp3) is 0.241. The third-order valence-electron chi connectivity index (χ3n) is 5.68. The molecule has 0 spiro atoms. The number of carbonyl (C=O) groups is 2. The number of thioether (sulfide) groups is 1. The Balaban J connectivity index is 1.50. The maximum Gasteiger partial charge on any atom is 0.265 e. The first kappa shape index (κ1) is 24.8. The van der Waals surface area contributed by atoms with Crippen LogP contribution in [-0.2, 0) is 16.1 Å². The zero-order chi connectivity index (χ0) is 24.6. The van der Waals surface area contributed by atoms with Gasteiger partial charge in [-0.1, -0.05) is 65.9 Å². The number of aryl methyl sites for hydroxylation is 1. The summed E-state index contributed by atoms with van der Waals surface area (Å²) in [5, 5.41) is 2.91. The second-order valence-electron chi connectivity index (χ2n) is 8.39. The van der Waals surface area contributed by atoms with E-state index in [1.54, 1.807) is 12.1 Å². The van der Waals surface area contributed by atoms with Crippen molar-refractivity contribution in [3.63, 3.8) is 0 Å². The Hall–Kier alpha value is -3.35. The summed E-state index contributed by atoms with van der Waals surface area (Å²) >= 11 is 1.48. The molecule has 1 aliphatic rings. The Kier molecular flexibility index (Phi) is 8.40. The topological polar surface area (TPSA) is 58.6 Å². The van der Waals surface area contributed by atoms with E-state index in [9.17, 15) is 9.59 Å². The molecule has 180 valence electrons. The van der Waals surface area contributed by atoms with E-state index in [1.165, 1.54) is 17.3 Å². The van der Waals surface area contributed by atoms with Gasteiger partial charge >= 0.3 is 0 Å². The highest BCUT2D eigenvalue weighted by atomic mass is 32.2. The molecular formula is C29H30N2O3S. The predicted molar refractivity (Wildman–Crippen MR) is 143 cm³/mol. The molecule has 0 atom stereocenters. The van der Waals surface area contributed by atoms with Crippen molar-refractivity contribution in [2.75, 3.05) is 24.7 Å². The molecule has 0 saturated carbocycles. The summed E-state index contributed by atoms with van der Waals surface area (Å²) in [6, 6.07) is 23.6. The van der Waals surface area contributed by atoms with Gasteiger partial charge in [0, 0.05) is 30.2 Å². The van der Waals surface area contributed by atoms with Crippen LogP contribution in [0.5, 0.6) is 0 Å². The number of hydrogen-bond acceptors (Lipinski definition) is 4. The van der Waals surface area contributed by atoms with E-state index >= 15 is 0 Å². The van der Waals surface area contributed by atoms with Crippen LogP contribution < -0.4 is 10.2 Å². The lowest BCUT2D eigenvalue weighted by molar-refractivity contribution is -0.114. The minimum absolute atomic E-state index is 0.0219. The summed E-state index contributed by atoms with van der Waals surface area (Å²) in [5.74, 6) is -0.131. The zero-order valence-corrected chi connectivity index (χ0v) is 20.9. The quantitative estimate of drug-likeness (QED) is 0.305. The smallest absolute Gasteiger partial charge is 0.265 e. The van der Waals surface area contributed by atoms with Crippen LogP contribution in [0.3, 0.4) is 0 Å². The highest BCUT2D eigenvalue weighted by molar-refractivity contribution is 8.04. The lowest BCUT2D eigenvalue weighted by atomic mass is 10.1. The number of amides is 2. The van der Waals surface area contributed by atoms with E-state index in [0.717, 1.165) is 28.1 Å². The van der Waals surface area contributed by atoms with Gasteiger partial charge in [-0.3, -0.25) is 9.59 Å². The van der Waals surface area contributed by atoms with Gasteiger partial charge in [0.1, 0.15) is 0 Å². The van der Waals surface area contributed by atoms with Gasteiger partial charge in [0.25, 0.3) is 11.8 Å². The van der Waals surface area contributed by atoms with Crippen LogP contribution in [0.1, 0.15) is 40.4 Å². The Bertz CT molecular complexity index is 1220. The number of ether oxygens (including phenoxy) is 1. The second-order valence-corrected chi connectivity index (χ2v) is 9.47. The van der Waals surface area contributed by atoms with E-state index < -0.39 is 0 Å².